The maximum Gasteiger partial charge on any atom is 0.260 e. The first-order chi connectivity index (χ1) is 9.18. The highest BCUT2D eigenvalue weighted by Crippen LogP contribution is 2.39. The Morgan fingerprint density at radius 3 is 2.68 bits per heavy atom. The van der Waals surface area contributed by atoms with E-state index < -0.39 is 5.91 Å². The summed E-state index contributed by atoms with van der Waals surface area (Å²) in [5.74, 6) is -0.469. The van der Waals surface area contributed by atoms with Gasteiger partial charge in [0.2, 0.25) is 0 Å². The van der Waals surface area contributed by atoms with E-state index in [4.69, 9.17) is 11.5 Å². The summed E-state index contributed by atoms with van der Waals surface area (Å²) in [6, 6.07) is 0. The van der Waals surface area contributed by atoms with Crippen molar-refractivity contribution in [1.82, 2.24) is 4.98 Å². The maximum absolute atomic E-state index is 11.4. The number of nitrogens with two attached hydrogens (primary N) is 2. The standard InChI is InChI=1S/C13H16N4OS/c14-11-10-8(17-4-2-1-3-5-17)6-16-7-9(10)19-12(11)13(15)18/h6-7H,1-5,14H2,(H2,15,18). The molecule has 0 atom stereocenters. The lowest BCUT2D eigenvalue weighted by Crippen LogP contribution is -2.29. The van der Waals surface area contributed by atoms with Crippen molar-refractivity contribution in [2.45, 2.75) is 19.3 Å². The normalized spacial score (nSPS) is 15.9. The van der Waals surface area contributed by atoms with Crippen LogP contribution in [0.3, 0.4) is 0 Å². The average Bonchev–Trinajstić information content (AvgIpc) is 2.78. The second-order valence-electron chi connectivity index (χ2n) is 4.79. The Morgan fingerprint density at radius 1 is 1.26 bits per heavy atom. The first kappa shape index (κ1) is 12.2. The molecule has 3 rings (SSSR count). The fourth-order valence-corrected chi connectivity index (χ4v) is 3.58. The number of rotatable bonds is 2. The van der Waals surface area contributed by atoms with Gasteiger partial charge in [0.25, 0.3) is 5.91 Å². The third kappa shape index (κ3) is 2.02. The van der Waals surface area contributed by atoms with Crippen LogP contribution in [0, 0.1) is 0 Å². The summed E-state index contributed by atoms with van der Waals surface area (Å²) < 4.78 is 0.925. The Labute approximate surface area is 115 Å². The number of nitrogens with zero attached hydrogens (tertiary/aromatic N) is 2. The molecule has 6 heteroatoms. The Hall–Kier alpha value is -1.82. The molecule has 1 aliphatic rings. The molecule has 0 aliphatic carbocycles. The van der Waals surface area contributed by atoms with Gasteiger partial charge in [0.1, 0.15) is 4.88 Å². The molecule has 1 amide bonds. The van der Waals surface area contributed by atoms with Gasteiger partial charge in [-0.1, -0.05) is 0 Å². The number of carbonyl (C=O) groups is 1. The predicted octanol–water partition coefficient (Wildman–Crippen LogP) is 1.97. The van der Waals surface area contributed by atoms with Gasteiger partial charge in [-0.2, -0.15) is 0 Å². The molecule has 100 valence electrons. The largest absolute Gasteiger partial charge is 0.397 e. The monoisotopic (exact) mass is 276 g/mol. The highest BCUT2D eigenvalue weighted by Gasteiger charge is 2.20. The highest BCUT2D eigenvalue weighted by atomic mass is 32.1. The number of anilines is 2. The minimum Gasteiger partial charge on any atom is -0.397 e. The van der Waals surface area contributed by atoms with Gasteiger partial charge in [-0.3, -0.25) is 9.78 Å². The molecule has 0 saturated carbocycles. The number of fused-ring (bicyclic) bond motifs is 1. The van der Waals surface area contributed by atoms with E-state index in [1.807, 2.05) is 6.20 Å². The molecule has 1 fully saturated rings. The molecular formula is C13H16N4OS. The third-order valence-electron chi connectivity index (χ3n) is 3.54. The maximum atomic E-state index is 11.4. The van der Waals surface area contributed by atoms with E-state index in [-0.39, 0.29) is 0 Å². The topological polar surface area (TPSA) is 85.2 Å². The molecule has 2 aromatic heterocycles. The van der Waals surface area contributed by atoms with E-state index in [1.54, 1.807) is 6.20 Å². The molecule has 3 heterocycles. The van der Waals surface area contributed by atoms with E-state index in [1.165, 1.54) is 30.6 Å². The van der Waals surface area contributed by atoms with Crippen LogP contribution in [0.4, 0.5) is 11.4 Å². The van der Waals surface area contributed by atoms with Gasteiger partial charge in [-0.25, -0.2) is 0 Å². The van der Waals surface area contributed by atoms with Crippen molar-refractivity contribution in [3.05, 3.63) is 17.3 Å². The summed E-state index contributed by atoms with van der Waals surface area (Å²) in [7, 11) is 0. The van der Waals surface area contributed by atoms with E-state index in [0.717, 1.165) is 28.9 Å². The Morgan fingerprint density at radius 2 is 2.00 bits per heavy atom. The lowest BCUT2D eigenvalue weighted by molar-refractivity contribution is 0.100. The van der Waals surface area contributed by atoms with Gasteiger partial charge in [-0.15, -0.1) is 11.3 Å². The summed E-state index contributed by atoms with van der Waals surface area (Å²) in [4.78, 5) is 18.4. The van der Waals surface area contributed by atoms with Crippen LogP contribution < -0.4 is 16.4 Å². The van der Waals surface area contributed by atoms with Crippen LogP contribution in [0.25, 0.3) is 10.1 Å². The number of pyridine rings is 1. The number of primary amides is 1. The summed E-state index contributed by atoms with van der Waals surface area (Å²) in [5.41, 5.74) is 13.0. The second-order valence-corrected chi connectivity index (χ2v) is 5.84. The number of piperidine rings is 1. The number of carbonyl (C=O) groups excluding carboxylic acids is 1. The van der Waals surface area contributed by atoms with E-state index in [2.05, 4.69) is 9.88 Å². The lowest BCUT2D eigenvalue weighted by Gasteiger charge is -2.29. The van der Waals surface area contributed by atoms with Gasteiger partial charge in [-0.05, 0) is 19.3 Å². The molecule has 1 aliphatic heterocycles. The third-order valence-corrected chi connectivity index (χ3v) is 4.69. The highest BCUT2D eigenvalue weighted by molar-refractivity contribution is 7.21. The number of nitrogen functional groups attached to an aromatic ring is 1. The fourth-order valence-electron chi connectivity index (χ4n) is 2.62. The van der Waals surface area contributed by atoms with Gasteiger partial charge < -0.3 is 16.4 Å². The first-order valence-electron chi connectivity index (χ1n) is 6.39. The molecule has 0 unspecified atom stereocenters. The second kappa shape index (κ2) is 4.70. The van der Waals surface area contributed by atoms with Gasteiger partial charge in [0.05, 0.1) is 22.3 Å². The predicted molar refractivity (Wildman–Crippen MR) is 78.6 cm³/mol. The summed E-state index contributed by atoms with van der Waals surface area (Å²) in [5, 5.41) is 0.927. The zero-order chi connectivity index (χ0) is 13.4. The molecule has 0 bridgehead atoms. The molecule has 0 radical (unpaired) electrons. The molecule has 1 saturated heterocycles. The minimum atomic E-state index is -0.469. The van der Waals surface area contributed by atoms with Crippen molar-refractivity contribution in [3.63, 3.8) is 0 Å². The van der Waals surface area contributed by atoms with Crippen LogP contribution in [0.2, 0.25) is 0 Å². The van der Waals surface area contributed by atoms with E-state index >= 15 is 0 Å². The zero-order valence-corrected chi connectivity index (χ0v) is 11.4. The Balaban J connectivity index is 2.16. The molecule has 0 spiro atoms. The first-order valence-corrected chi connectivity index (χ1v) is 7.21. The van der Waals surface area contributed by atoms with Crippen LogP contribution in [0.15, 0.2) is 12.4 Å². The minimum absolute atomic E-state index is 0.432. The van der Waals surface area contributed by atoms with E-state index in [9.17, 15) is 4.79 Å². The van der Waals surface area contributed by atoms with Crippen LogP contribution in [-0.4, -0.2) is 24.0 Å². The number of amides is 1. The van der Waals surface area contributed by atoms with E-state index in [0.29, 0.717) is 10.6 Å². The smallest absolute Gasteiger partial charge is 0.260 e. The van der Waals surface area contributed by atoms with Crippen LogP contribution in [0.1, 0.15) is 28.9 Å². The average molecular weight is 276 g/mol. The number of hydrogen-bond donors (Lipinski definition) is 2. The molecule has 2 aromatic rings. The number of thiophene rings is 1. The molecule has 0 aromatic carbocycles. The fraction of sp³-hybridized carbons (Fsp3) is 0.385. The Kier molecular flexibility index (Phi) is 3.02. The van der Waals surface area contributed by atoms with Gasteiger partial charge in [0.15, 0.2) is 0 Å². The van der Waals surface area contributed by atoms with Gasteiger partial charge in [0, 0.05) is 24.7 Å². The van der Waals surface area contributed by atoms with Crippen LogP contribution in [0.5, 0.6) is 0 Å². The lowest BCUT2D eigenvalue weighted by atomic mass is 10.1. The zero-order valence-electron chi connectivity index (χ0n) is 10.6. The molecule has 19 heavy (non-hydrogen) atoms. The molecular weight excluding hydrogens is 260 g/mol. The molecule has 4 N–H and O–H groups in total. The quantitative estimate of drug-likeness (QED) is 0.878. The summed E-state index contributed by atoms with van der Waals surface area (Å²) in [6.45, 7) is 2.03. The van der Waals surface area contributed by atoms with Crippen molar-refractivity contribution in [3.8, 4) is 0 Å². The molecule has 5 nitrogen and oxygen atoms in total. The summed E-state index contributed by atoms with van der Waals surface area (Å²) in [6.07, 6.45) is 7.22. The number of aromatic nitrogens is 1. The van der Waals surface area contributed by atoms with Crippen molar-refractivity contribution >= 4 is 38.7 Å². The van der Waals surface area contributed by atoms with Crippen molar-refractivity contribution in [2.75, 3.05) is 23.7 Å². The van der Waals surface area contributed by atoms with Crippen LogP contribution >= 0.6 is 11.3 Å². The summed E-state index contributed by atoms with van der Waals surface area (Å²) >= 11 is 1.32. The number of hydrogen-bond acceptors (Lipinski definition) is 5. The van der Waals surface area contributed by atoms with Crippen molar-refractivity contribution < 1.29 is 4.79 Å². The van der Waals surface area contributed by atoms with Crippen molar-refractivity contribution in [1.29, 1.82) is 0 Å². The Bertz CT molecular complexity index is 631. The van der Waals surface area contributed by atoms with Gasteiger partial charge >= 0.3 is 0 Å². The van der Waals surface area contributed by atoms with Crippen LogP contribution in [-0.2, 0) is 0 Å². The van der Waals surface area contributed by atoms with Crippen molar-refractivity contribution in [2.24, 2.45) is 5.73 Å². The SMILES string of the molecule is NC(=O)c1sc2cncc(N3CCCCC3)c2c1N.